The number of carbonyl (C=O) groups is 3. The molecular weight excluding hydrogens is 310 g/mol. The summed E-state index contributed by atoms with van der Waals surface area (Å²) < 4.78 is 10.5. The van der Waals surface area contributed by atoms with Crippen molar-refractivity contribution >= 4 is 24.2 Å². The second kappa shape index (κ2) is 6.31. The summed E-state index contributed by atoms with van der Waals surface area (Å²) in [7, 11) is 1.25. The van der Waals surface area contributed by atoms with Gasteiger partial charge in [0.05, 0.1) is 13.5 Å². The maximum absolute atomic E-state index is 12.5. The van der Waals surface area contributed by atoms with Crippen molar-refractivity contribution in [1.82, 2.24) is 4.90 Å². The average Bonchev–Trinajstić information content (AvgIpc) is 2.84. The minimum absolute atomic E-state index is 0.151. The van der Waals surface area contributed by atoms with Crippen molar-refractivity contribution in [3.05, 3.63) is 53.8 Å². The van der Waals surface area contributed by atoms with E-state index in [9.17, 15) is 14.4 Å². The lowest BCUT2D eigenvalue weighted by Gasteiger charge is -2.40. The highest BCUT2D eigenvalue weighted by Crippen LogP contribution is 2.46. The molecule has 124 valence electrons. The molecule has 0 aliphatic carbocycles. The van der Waals surface area contributed by atoms with E-state index in [2.05, 4.69) is 0 Å². The normalized spacial score (nSPS) is 26.9. The molecular formula is C18H17NO5. The highest BCUT2D eigenvalue weighted by atomic mass is 16.6. The average molecular weight is 327 g/mol. The Morgan fingerprint density at radius 1 is 1.42 bits per heavy atom. The van der Waals surface area contributed by atoms with Crippen molar-refractivity contribution < 1.29 is 23.9 Å². The Labute approximate surface area is 139 Å². The molecule has 3 rings (SSSR count). The standard InChI is InChI=1S/C18H17NO5/c1-23-17(22)18(10-5-8-13-6-3-2-4-7-13)14(9-11-20)24-16-12-15(21)19(16)18/h2-9,11,16H,10,12H2,1H3/b8-5+,14-9+/t16-,18?/m1/s1. The number of allylic oxidation sites excluding steroid dienone is 1. The molecule has 0 spiro atoms. The van der Waals surface area contributed by atoms with Crippen LogP contribution in [0.5, 0.6) is 0 Å². The molecule has 0 N–H and O–H groups in total. The number of methoxy groups -OCH3 is 1. The Balaban J connectivity index is 1.96. The number of rotatable bonds is 5. The summed E-state index contributed by atoms with van der Waals surface area (Å²) in [6.45, 7) is 0. The van der Waals surface area contributed by atoms with E-state index < -0.39 is 17.7 Å². The first kappa shape index (κ1) is 16.0. The smallest absolute Gasteiger partial charge is 0.340 e. The molecule has 0 aromatic heterocycles. The number of benzene rings is 1. The molecule has 0 radical (unpaired) electrons. The molecule has 6 nitrogen and oxygen atoms in total. The van der Waals surface area contributed by atoms with Crippen LogP contribution >= 0.6 is 0 Å². The summed E-state index contributed by atoms with van der Waals surface area (Å²) in [5.41, 5.74) is -0.454. The number of ether oxygens (including phenoxy) is 2. The topological polar surface area (TPSA) is 72.9 Å². The molecule has 1 amide bonds. The second-order valence-electron chi connectivity index (χ2n) is 5.58. The van der Waals surface area contributed by atoms with E-state index in [1.165, 1.54) is 18.1 Å². The molecule has 0 bridgehead atoms. The van der Waals surface area contributed by atoms with Crippen molar-refractivity contribution in [3.8, 4) is 0 Å². The van der Waals surface area contributed by atoms with Gasteiger partial charge < -0.3 is 9.47 Å². The molecule has 1 aromatic carbocycles. The molecule has 2 atom stereocenters. The first-order valence-electron chi connectivity index (χ1n) is 7.58. The number of hydrogen-bond donors (Lipinski definition) is 0. The first-order chi connectivity index (χ1) is 11.6. The third-order valence-electron chi connectivity index (χ3n) is 4.25. The van der Waals surface area contributed by atoms with Gasteiger partial charge in [-0.25, -0.2) is 4.79 Å². The number of carbonyl (C=O) groups excluding carboxylic acids is 3. The maximum atomic E-state index is 12.5. The van der Waals surface area contributed by atoms with Crippen LogP contribution in [0.1, 0.15) is 18.4 Å². The monoisotopic (exact) mass is 327 g/mol. The number of esters is 1. The summed E-state index contributed by atoms with van der Waals surface area (Å²) in [5, 5.41) is 0. The molecule has 1 unspecified atom stereocenters. The summed E-state index contributed by atoms with van der Waals surface area (Å²) in [5.74, 6) is -0.672. The lowest BCUT2D eigenvalue weighted by Crippen LogP contribution is -2.62. The molecule has 1 aromatic rings. The zero-order valence-electron chi connectivity index (χ0n) is 13.2. The predicted molar refractivity (Wildman–Crippen MR) is 85.3 cm³/mol. The quantitative estimate of drug-likeness (QED) is 0.356. The third kappa shape index (κ3) is 2.40. The molecule has 2 fully saturated rings. The Morgan fingerprint density at radius 3 is 2.79 bits per heavy atom. The van der Waals surface area contributed by atoms with Gasteiger partial charge in [-0.15, -0.1) is 0 Å². The maximum Gasteiger partial charge on any atom is 0.340 e. The van der Waals surface area contributed by atoms with E-state index in [4.69, 9.17) is 9.47 Å². The van der Waals surface area contributed by atoms with Crippen molar-refractivity contribution in [2.24, 2.45) is 0 Å². The summed E-state index contributed by atoms with van der Waals surface area (Å²) in [4.78, 5) is 36.8. The van der Waals surface area contributed by atoms with Crippen LogP contribution < -0.4 is 0 Å². The van der Waals surface area contributed by atoms with E-state index >= 15 is 0 Å². The molecule has 2 aliphatic rings. The van der Waals surface area contributed by atoms with Gasteiger partial charge in [0.25, 0.3) is 0 Å². The van der Waals surface area contributed by atoms with Crippen molar-refractivity contribution in [2.75, 3.05) is 7.11 Å². The van der Waals surface area contributed by atoms with Crippen molar-refractivity contribution in [2.45, 2.75) is 24.6 Å². The van der Waals surface area contributed by atoms with Crippen LogP contribution in [0.3, 0.4) is 0 Å². The fourth-order valence-corrected chi connectivity index (χ4v) is 3.12. The lowest BCUT2D eigenvalue weighted by molar-refractivity contribution is -0.171. The van der Waals surface area contributed by atoms with Gasteiger partial charge in [0, 0.05) is 12.5 Å². The zero-order valence-corrected chi connectivity index (χ0v) is 13.2. The minimum atomic E-state index is -1.42. The molecule has 6 heteroatoms. The van der Waals surface area contributed by atoms with Gasteiger partial charge in [0.1, 0.15) is 12.0 Å². The number of aldehydes is 1. The molecule has 0 saturated carbocycles. The van der Waals surface area contributed by atoms with Crippen LogP contribution in [0, 0.1) is 0 Å². The molecule has 24 heavy (non-hydrogen) atoms. The summed E-state index contributed by atoms with van der Waals surface area (Å²) in [6, 6.07) is 9.56. The lowest BCUT2D eigenvalue weighted by atomic mass is 9.88. The van der Waals surface area contributed by atoms with Gasteiger partial charge in [-0.05, 0) is 5.56 Å². The Kier molecular flexibility index (Phi) is 4.20. The fourth-order valence-electron chi connectivity index (χ4n) is 3.12. The van der Waals surface area contributed by atoms with Gasteiger partial charge in [0.2, 0.25) is 11.4 Å². The van der Waals surface area contributed by atoms with Crippen LogP contribution in [-0.2, 0) is 23.9 Å². The second-order valence-corrected chi connectivity index (χ2v) is 5.58. The Hall–Kier alpha value is -2.89. The summed E-state index contributed by atoms with van der Waals surface area (Å²) >= 11 is 0. The van der Waals surface area contributed by atoms with Gasteiger partial charge in [-0.2, -0.15) is 0 Å². The minimum Gasteiger partial charge on any atom is -0.471 e. The molecule has 2 heterocycles. The van der Waals surface area contributed by atoms with Crippen LogP contribution in [0.4, 0.5) is 0 Å². The van der Waals surface area contributed by atoms with Crippen molar-refractivity contribution in [1.29, 1.82) is 0 Å². The van der Waals surface area contributed by atoms with E-state index in [1.807, 2.05) is 36.4 Å². The van der Waals surface area contributed by atoms with E-state index in [0.717, 1.165) is 5.56 Å². The van der Waals surface area contributed by atoms with E-state index in [-0.39, 0.29) is 24.5 Å². The van der Waals surface area contributed by atoms with Gasteiger partial charge in [-0.3, -0.25) is 14.5 Å². The summed E-state index contributed by atoms with van der Waals surface area (Å²) in [6.07, 6.45) is 5.19. The Morgan fingerprint density at radius 2 is 2.17 bits per heavy atom. The highest BCUT2D eigenvalue weighted by Gasteiger charge is 2.64. The number of amides is 1. The molecule has 2 saturated heterocycles. The predicted octanol–water partition coefficient (Wildman–Crippen LogP) is 1.67. The zero-order chi connectivity index (χ0) is 17.2. The van der Waals surface area contributed by atoms with Crippen LogP contribution in [0.15, 0.2) is 48.2 Å². The molecule has 2 aliphatic heterocycles. The number of β-lactam (4-membered cyclic amide) rings is 1. The fraction of sp³-hybridized carbons (Fsp3) is 0.278. The Bertz CT molecular complexity index is 724. The van der Waals surface area contributed by atoms with E-state index in [1.54, 1.807) is 6.08 Å². The highest BCUT2D eigenvalue weighted by molar-refractivity contribution is 5.96. The number of fused-ring (bicyclic) bond motifs is 1. The van der Waals surface area contributed by atoms with Gasteiger partial charge in [0.15, 0.2) is 6.23 Å². The van der Waals surface area contributed by atoms with Gasteiger partial charge >= 0.3 is 5.97 Å². The van der Waals surface area contributed by atoms with Crippen LogP contribution in [0.25, 0.3) is 6.08 Å². The van der Waals surface area contributed by atoms with E-state index in [0.29, 0.717) is 6.29 Å². The third-order valence-corrected chi connectivity index (χ3v) is 4.25. The number of nitrogens with zero attached hydrogens (tertiary/aromatic N) is 1. The first-order valence-corrected chi connectivity index (χ1v) is 7.58. The van der Waals surface area contributed by atoms with Crippen molar-refractivity contribution in [3.63, 3.8) is 0 Å². The van der Waals surface area contributed by atoms with Crippen LogP contribution in [-0.4, -0.2) is 41.9 Å². The SMILES string of the molecule is COC(=O)C1(C/C=C/c2ccccc2)/C(=C\C=O)O[C@@H]2CC(=O)N21. The van der Waals surface area contributed by atoms with Gasteiger partial charge in [-0.1, -0.05) is 42.5 Å². The number of hydrogen-bond acceptors (Lipinski definition) is 5. The largest absolute Gasteiger partial charge is 0.471 e. The van der Waals surface area contributed by atoms with Crippen LogP contribution in [0.2, 0.25) is 0 Å².